The second-order valence-corrected chi connectivity index (χ2v) is 5.55. The minimum absolute atomic E-state index is 0.0989. The van der Waals surface area contributed by atoms with Gasteiger partial charge in [0.15, 0.2) is 0 Å². The lowest BCUT2D eigenvalue weighted by molar-refractivity contribution is 0.0131. The standard InChI is InChI=1S/C14H27NO2/c1-2-3-10-17-12-8-9-15(11-12)13-6-4-5-7-14(13)16/h12-14,16H,2-11H2,1H3/t12-,13?,14-/m1/s1. The summed E-state index contributed by atoms with van der Waals surface area (Å²) < 4.78 is 5.88. The molecular formula is C14H27NO2. The van der Waals surface area contributed by atoms with Gasteiger partial charge in [-0.1, -0.05) is 26.2 Å². The maximum atomic E-state index is 10.0. The van der Waals surface area contributed by atoms with Gasteiger partial charge < -0.3 is 9.84 Å². The SMILES string of the molecule is CCCCO[C@@H]1CCN(C2CCCC[C@H]2O)C1. The molecule has 0 bridgehead atoms. The van der Waals surface area contributed by atoms with Crippen LogP contribution >= 0.6 is 0 Å². The fraction of sp³-hybridized carbons (Fsp3) is 1.00. The van der Waals surface area contributed by atoms with Crippen LogP contribution in [-0.4, -0.2) is 48.0 Å². The molecule has 0 aromatic rings. The van der Waals surface area contributed by atoms with Crippen LogP contribution in [0.1, 0.15) is 51.9 Å². The van der Waals surface area contributed by atoms with Crippen molar-refractivity contribution in [1.82, 2.24) is 4.90 Å². The molecule has 3 nitrogen and oxygen atoms in total. The van der Waals surface area contributed by atoms with Crippen LogP contribution in [0, 0.1) is 0 Å². The Morgan fingerprint density at radius 3 is 2.82 bits per heavy atom. The monoisotopic (exact) mass is 241 g/mol. The van der Waals surface area contributed by atoms with E-state index >= 15 is 0 Å². The highest BCUT2D eigenvalue weighted by Gasteiger charge is 2.33. The maximum absolute atomic E-state index is 10.0. The van der Waals surface area contributed by atoms with Crippen molar-refractivity contribution < 1.29 is 9.84 Å². The lowest BCUT2D eigenvalue weighted by Crippen LogP contribution is -2.44. The topological polar surface area (TPSA) is 32.7 Å². The van der Waals surface area contributed by atoms with Crippen molar-refractivity contribution in [2.45, 2.75) is 70.1 Å². The van der Waals surface area contributed by atoms with Gasteiger partial charge in [-0.2, -0.15) is 0 Å². The molecule has 3 heteroatoms. The third-order valence-corrected chi connectivity index (χ3v) is 4.19. The van der Waals surface area contributed by atoms with E-state index in [2.05, 4.69) is 11.8 Å². The van der Waals surface area contributed by atoms with Crippen LogP contribution in [-0.2, 0) is 4.74 Å². The van der Waals surface area contributed by atoms with Crippen LogP contribution in [0.2, 0.25) is 0 Å². The van der Waals surface area contributed by atoms with Gasteiger partial charge in [0.05, 0.1) is 12.2 Å². The molecule has 2 rings (SSSR count). The fourth-order valence-electron chi connectivity index (χ4n) is 3.10. The number of unbranched alkanes of at least 4 members (excludes halogenated alkanes) is 1. The molecule has 1 N–H and O–H groups in total. The first-order valence-corrected chi connectivity index (χ1v) is 7.35. The van der Waals surface area contributed by atoms with Gasteiger partial charge in [-0.15, -0.1) is 0 Å². The third-order valence-electron chi connectivity index (χ3n) is 4.19. The summed E-state index contributed by atoms with van der Waals surface area (Å²) in [7, 11) is 0. The highest BCUT2D eigenvalue weighted by Crippen LogP contribution is 2.26. The molecule has 2 fully saturated rings. The largest absolute Gasteiger partial charge is 0.391 e. The van der Waals surface area contributed by atoms with Gasteiger partial charge in [0.1, 0.15) is 0 Å². The lowest BCUT2D eigenvalue weighted by atomic mass is 9.91. The third kappa shape index (κ3) is 3.67. The number of hydrogen-bond donors (Lipinski definition) is 1. The van der Waals surface area contributed by atoms with Crippen molar-refractivity contribution in [3.63, 3.8) is 0 Å². The zero-order chi connectivity index (χ0) is 12.1. The summed E-state index contributed by atoms with van der Waals surface area (Å²) in [6.07, 6.45) is 8.47. The number of aliphatic hydroxyl groups is 1. The quantitative estimate of drug-likeness (QED) is 0.749. The van der Waals surface area contributed by atoms with E-state index in [1.54, 1.807) is 0 Å². The highest BCUT2D eigenvalue weighted by molar-refractivity contribution is 4.88. The molecule has 0 radical (unpaired) electrons. The van der Waals surface area contributed by atoms with Crippen LogP contribution in [0.4, 0.5) is 0 Å². The van der Waals surface area contributed by atoms with Gasteiger partial charge in [-0.05, 0) is 25.7 Å². The molecule has 1 unspecified atom stereocenters. The van der Waals surface area contributed by atoms with Crippen molar-refractivity contribution in [2.75, 3.05) is 19.7 Å². The summed E-state index contributed by atoms with van der Waals surface area (Å²) in [6.45, 7) is 5.24. The minimum atomic E-state index is -0.0989. The second-order valence-electron chi connectivity index (χ2n) is 5.55. The van der Waals surface area contributed by atoms with Gasteiger partial charge in [0.25, 0.3) is 0 Å². The van der Waals surface area contributed by atoms with Gasteiger partial charge in [-0.25, -0.2) is 0 Å². The molecule has 2 aliphatic rings. The fourth-order valence-corrected chi connectivity index (χ4v) is 3.10. The second kappa shape index (κ2) is 6.72. The summed E-state index contributed by atoms with van der Waals surface area (Å²) in [5, 5.41) is 10.0. The number of aliphatic hydroxyl groups excluding tert-OH is 1. The summed E-state index contributed by atoms with van der Waals surface area (Å²) in [6, 6.07) is 0.406. The Morgan fingerprint density at radius 2 is 2.06 bits per heavy atom. The molecule has 1 heterocycles. The predicted molar refractivity (Wildman–Crippen MR) is 69.1 cm³/mol. The zero-order valence-corrected chi connectivity index (χ0v) is 11.1. The molecule has 1 saturated heterocycles. The van der Waals surface area contributed by atoms with Gasteiger partial charge >= 0.3 is 0 Å². The molecule has 0 spiro atoms. The number of hydrogen-bond acceptors (Lipinski definition) is 3. The van der Waals surface area contributed by atoms with E-state index in [1.807, 2.05) is 0 Å². The molecular weight excluding hydrogens is 214 g/mol. The molecule has 100 valence electrons. The maximum Gasteiger partial charge on any atom is 0.0714 e. The Hall–Kier alpha value is -0.120. The molecule has 0 aromatic heterocycles. The average molecular weight is 241 g/mol. The Kier molecular flexibility index (Phi) is 5.26. The Balaban J connectivity index is 1.72. The molecule has 3 atom stereocenters. The molecule has 1 aliphatic heterocycles. The van der Waals surface area contributed by atoms with E-state index in [9.17, 15) is 5.11 Å². The van der Waals surface area contributed by atoms with E-state index < -0.39 is 0 Å². The summed E-state index contributed by atoms with van der Waals surface area (Å²) in [5.41, 5.74) is 0. The summed E-state index contributed by atoms with van der Waals surface area (Å²) in [5.74, 6) is 0. The number of ether oxygens (including phenoxy) is 1. The molecule has 1 saturated carbocycles. The first-order chi connectivity index (χ1) is 8.31. The van der Waals surface area contributed by atoms with Crippen molar-refractivity contribution >= 4 is 0 Å². The zero-order valence-electron chi connectivity index (χ0n) is 11.1. The summed E-state index contributed by atoms with van der Waals surface area (Å²) in [4.78, 5) is 2.46. The van der Waals surface area contributed by atoms with Crippen molar-refractivity contribution in [1.29, 1.82) is 0 Å². The normalized spacial score (nSPS) is 35.3. The first-order valence-electron chi connectivity index (χ1n) is 7.35. The van der Waals surface area contributed by atoms with Gasteiger partial charge in [-0.3, -0.25) is 4.90 Å². The first kappa shape index (κ1) is 13.3. The van der Waals surface area contributed by atoms with Gasteiger partial charge in [0.2, 0.25) is 0 Å². The van der Waals surface area contributed by atoms with Crippen molar-refractivity contribution in [2.24, 2.45) is 0 Å². The van der Waals surface area contributed by atoms with Crippen LogP contribution in [0.5, 0.6) is 0 Å². The Morgan fingerprint density at radius 1 is 1.24 bits per heavy atom. The average Bonchev–Trinajstić information content (AvgIpc) is 2.79. The lowest BCUT2D eigenvalue weighted by Gasteiger charge is -2.35. The Bertz CT molecular complexity index is 222. The van der Waals surface area contributed by atoms with Crippen molar-refractivity contribution in [3.05, 3.63) is 0 Å². The summed E-state index contributed by atoms with van der Waals surface area (Å²) >= 11 is 0. The highest BCUT2D eigenvalue weighted by atomic mass is 16.5. The predicted octanol–water partition coefficient (Wildman–Crippen LogP) is 2.18. The number of rotatable bonds is 5. The van der Waals surface area contributed by atoms with E-state index in [0.29, 0.717) is 12.1 Å². The van der Waals surface area contributed by atoms with Crippen LogP contribution < -0.4 is 0 Å². The van der Waals surface area contributed by atoms with Gasteiger partial charge in [0, 0.05) is 25.7 Å². The van der Waals surface area contributed by atoms with Crippen LogP contribution in [0.3, 0.4) is 0 Å². The van der Waals surface area contributed by atoms with E-state index in [0.717, 1.165) is 32.5 Å². The van der Waals surface area contributed by atoms with Crippen molar-refractivity contribution in [3.8, 4) is 0 Å². The smallest absolute Gasteiger partial charge is 0.0714 e. The van der Waals surface area contributed by atoms with E-state index in [1.165, 1.54) is 32.1 Å². The number of nitrogens with zero attached hydrogens (tertiary/aromatic N) is 1. The van der Waals surface area contributed by atoms with E-state index in [-0.39, 0.29) is 6.10 Å². The molecule has 17 heavy (non-hydrogen) atoms. The molecule has 0 amide bonds. The van der Waals surface area contributed by atoms with Crippen LogP contribution in [0.15, 0.2) is 0 Å². The molecule has 0 aromatic carbocycles. The Labute approximate surface area is 105 Å². The minimum Gasteiger partial charge on any atom is -0.391 e. The number of likely N-dealkylation sites (tertiary alicyclic amines) is 1. The van der Waals surface area contributed by atoms with E-state index in [4.69, 9.17) is 4.74 Å². The molecule has 1 aliphatic carbocycles. The van der Waals surface area contributed by atoms with Crippen LogP contribution in [0.25, 0.3) is 0 Å².